The molecule has 2 aromatic rings. The highest BCUT2D eigenvalue weighted by Gasteiger charge is 2.22. The third-order valence-corrected chi connectivity index (χ3v) is 5.94. The van der Waals surface area contributed by atoms with Crippen LogP contribution in [0.3, 0.4) is 0 Å². The van der Waals surface area contributed by atoms with E-state index < -0.39 is 0 Å². The van der Waals surface area contributed by atoms with Gasteiger partial charge < -0.3 is 24.4 Å². The molecule has 1 heterocycles. The van der Waals surface area contributed by atoms with E-state index in [1.54, 1.807) is 14.2 Å². The molecule has 31 heavy (non-hydrogen) atoms. The highest BCUT2D eigenvalue weighted by Crippen LogP contribution is 2.30. The predicted octanol–water partition coefficient (Wildman–Crippen LogP) is 5.38. The summed E-state index contributed by atoms with van der Waals surface area (Å²) in [6.45, 7) is 8.98. The molecular formula is C25H34N2O3S. The average molecular weight is 443 g/mol. The van der Waals surface area contributed by atoms with Crippen LogP contribution in [0.4, 0.5) is 5.69 Å². The number of benzene rings is 2. The molecule has 0 spiro atoms. The standard InChI is InChI=1S/C25H34N2O3S/c1-25(2,3)19-10-8-18(9-11-19)16-27(17-21-7-6-14-30-21)24(31)26-22-13-12-20(28-4)15-23(22)29-5/h8-13,15,21H,6-7,14,16-17H2,1-5H3,(H,26,31). The smallest absolute Gasteiger partial charge is 0.173 e. The Hall–Kier alpha value is -2.31. The molecule has 1 N–H and O–H groups in total. The van der Waals surface area contributed by atoms with Crippen LogP contribution in [0.1, 0.15) is 44.7 Å². The van der Waals surface area contributed by atoms with E-state index in [-0.39, 0.29) is 11.5 Å². The highest BCUT2D eigenvalue weighted by molar-refractivity contribution is 7.80. The van der Waals surface area contributed by atoms with Crippen LogP contribution in [0.15, 0.2) is 42.5 Å². The zero-order chi connectivity index (χ0) is 22.4. The second-order valence-corrected chi connectivity index (χ2v) is 9.35. The lowest BCUT2D eigenvalue weighted by Crippen LogP contribution is -2.39. The van der Waals surface area contributed by atoms with Crippen LogP contribution in [0.25, 0.3) is 0 Å². The fourth-order valence-electron chi connectivity index (χ4n) is 3.68. The van der Waals surface area contributed by atoms with Crippen LogP contribution in [0.5, 0.6) is 11.5 Å². The van der Waals surface area contributed by atoms with Gasteiger partial charge in [-0.15, -0.1) is 0 Å². The number of ether oxygens (including phenoxy) is 3. The largest absolute Gasteiger partial charge is 0.497 e. The van der Waals surface area contributed by atoms with Gasteiger partial charge in [-0.1, -0.05) is 45.0 Å². The molecule has 0 aliphatic carbocycles. The first kappa shape index (κ1) is 23.4. The first-order valence-corrected chi connectivity index (χ1v) is 11.2. The predicted molar refractivity (Wildman–Crippen MR) is 130 cm³/mol. The lowest BCUT2D eigenvalue weighted by Gasteiger charge is -2.29. The summed E-state index contributed by atoms with van der Waals surface area (Å²) in [5, 5.41) is 4.02. The van der Waals surface area contributed by atoms with E-state index >= 15 is 0 Å². The third kappa shape index (κ3) is 6.34. The molecule has 0 saturated carbocycles. The van der Waals surface area contributed by atoms with E-state index in [1.165, 1.54) is 11.1 Å². The van der Waals surface area contributed by atoms with Crippen molar-refractivity contribution in [3.8, 4) is 11.5 Å². The molecule has 1 atom stereocenters. The van der Waals surface area contributed by atoms with E-state index in [2.05, 4.69) is 55.3 Å². The van der Waals surface area contributed by atoms with Gasteiger partial charge in [-0.3, -0.25) is 0 Å². The van der Waals surface area contributed by atoms with Crippen molar-refractivity contribution < 1.29 is 14.2 Å². The zero-order valence-corrected chi connectivity index (χ0v) is 20.1. The monoisotopic (exact) mass is 442 g/mol. The summed E-state index contributed by atoms with van der Waals surface area (Å²) in [5.74, 6) is 1.43. The van der Waals surface area contributed by atoms with Gasteiger partial charge in [0.1, 0.15) is 11.5 Å². The Morgan fingerprint density at radius 1 is 1.13 bits per heavy atom. The summed E-state index contributed by atoms with van der Waals surface area (Å²) in [7, 11) is 3.28. The van der Waals surface area contributed by atoms with Gasteiger partial charge in [0.25, 0.3) is 0 Å². The molecule has 1 saturated heterocycles. The molecule has 1 aliphatic rings. The SMILES string of the molecule is COc1ccc(NC(=S)N(Cc2ccc(C(C)(C)C)cc2)CC2CCCO2)c(OC)c1. The highest BCUT2D eigenvalue weighted by atomic mass is 32.1. The van der Waals surface area contributed by atoms with Crippen LogP contribution in [0, 0.1) is 0 Å². The number of anilines is 1. The Morgan fingerprint density at radius 3 is 2.45 bits per heavy atom. The minimum atomic E-state index is 0.137. The van der Waals surface area contributed by atoms with E-state index in [0.717, 1.165) is 37.4 Å². The lowest BCUT2D eigenvalue weighted by atomic mass is 9.87. The van der Waals surface area contributed by atoms with Crippen molar-refractivity contribution in [3.63, 3.8) is 0 Å². The second kappa shape index (κ2) is 10.3. The van der Waals surface area contributed by atoms with Crippen LogP contribution in [-0.2, 0) is 16.7 Å². The number of hydrogen-bond donors (Lipinski definition) is 1. The van der Waals surface area contributed by atoms with Gasteiger partial charge in [-0.2, -0.15) is 0 Å². The van der Waals surface area contributed by atoms with Crippen LogP contribution in [-0.4, -0.2) is 43.5 Å². The first-order chi connectivity index (χ1) is 14.8. The normalized spacial score (nSPS) is 16.1. The summed E-state index contributed by atoms with van der Waals surface area (Å²) in [5.41, 5.74) is 3.49. The van der Waals surface area contributed by atoms with Gasteiger partial charge in [0.05, 0.1) is 26.0 Å². The summed E-state index contributed by atoms with van der Waals surface area (Å²) >= 11 is 5.82. The van der Waals surface area contributed by atoms with E-state index in [4.69, 9.17) is 26.4 Å². The van der Waals surface area contributed by atoms with Gasteiger partial charge in [-0.25, -0.2) is 0 Å². The second-order valence-electron chi connectivity index (χ2n) is 8.96. The molecule has 1 fully saturated rings. The van der Waals surface area contributed by atoms with Crippen molar-refractivity contribution in [2.75, 3.05) is 32.7 Å². The average Bonchev–Trinajstić information content (AvgIpc) is 3.26. The maximum absolute atomic E-state index is 5.89. The molecule has 0 radical (unpaired) electrons. The van der Waals surface area contributed by atoms with Gasteiger partial charge in [0, 0.05) is 25.8 Å². The number of nitrogens with one attached hydrogen (secondary N) is 1. The summed E-state index contributed by atoms with van der Waals surface area (Å²) in [6, 6.07) is 14.5. The molecule has 5 nitrogen and oxygen atoms in total. The van der Waals surface area contributed by atoms with Crippen LogP contribution in [0.2, 0.25) is 0 Å². The van der Waals surface area contributed by atoms with Crippen molar-refractivity contribution >= 4 is 23.0 Å². The number of thiocarbonyl (C=S) groups is 1. The lowest BCUT2D eigenvalue weighted by molar-refractivity contribution is 0.0905. The minimum Gasteiger partial charge on any atom is -0.497 e. The molecule has 0 bridgehead atoms. The molecule has 3 rings (SSSR count). The molecule has 0 amide bonds. The summed E-state index contributed by atoms with van der Waals surface area (Å²) in [6.07, 6.45) is 2.37. The van der Waals surface area contributed by atoms with Crippen molar-refractivity contribution in [1.29, 1.82) is 0 Å². The molecule has 6 heteroatoms. The fraction of sp³-hybridized carbons (Fsp3) is 0.480. The number of methoxy groups -OCH3 is 2. The Balaban J connectivity index is 1.77. The maximum Gasteiger partial charge on any atom is 0.173 e. The Morgan fingerprint density at radius 2 is 1.87 bits per heavy atom. The molecule has 0 aromatic heterocycles. The Bertz CT molecular complexity index is 871. The van der Waals surface area contributed by atoms with Gasteiger partial charge in [0.2, 0.25) is 0 Å². The van der Waals surface area contributed by atoms with E-state index in [0.29, 0.717) is 17.4 Å². The summed E-state index contributed by atoms with van der Waals surface area (Å²) < 4.78 is 16.7. The van der Waals surface area contributed by atoms with Crippen molar-refractivity contribution in [1.82, 2.24) is 4.90 Å². The minimum absolute atomic E-state index is 0.137. The number of hydrogen-bond acceptors (Lipinski definition) is 4. The van der Waals surface area contributed by atoms with Crippen molar-refractivity contribution in [3.05, 3.63) is 53.6 Å². The molecule has 168 valence electrons. The maximum atomic E-state index is 5.89. The molecule has 2 aromatic carbocycles. The van der Waals surface area contributed by atoms with E-state index in [1.807, 2.05) is 18.2 Å². The topological polar surface area (TPSA) is 43.0 Å². The van der Waals surface area contributed by atoms with Gasteiger partial charge in [0.15, 0.2) is 5.11 Å². The van der Waals surface area contributed by atoms with Crippen LogP contribution >= 0.6 is 12.2 Å². The number of nitrogens with zero attached hydrogens (tertiary/aromatic N) is 1. The van der Waals surface area contributed by atoms with E-state index in [9.17, 15) is 0 Å². The molecule has 1 unspecified atom stereocenters. The van der Waals surface area contributed by atoms with Crippen molar-refractivity contribution in [2.24, 2.45) is 0 Å². The van der Waals surface area contributed by atoms with Gasteiger partial charge in [-0.05, 0) is 53.7 Å². The first-order valence-electron chi connectivity index (χ1n) is 10.8. The van der Waals surface area contributed by atoms with Crippen LogP contribution < -0.4 is 14.8 Å². The summed E-state index contributed by atoms with van der Waals surface area (Å²) in [4.78, 5) is 2.18. The molecule has 1 aliphatic heterocycles. The van der Waals surface area contributed by atoms with Gasteiger partial charge >= 0.3 is 0 Å². The zero-order valence-electron chi connectivity index (χ0n) is 19.2. The quantitative estimate of drug-likeness (QED) is 0.581. The Kier molecular flexibility index (Phi) is 7.79. The molecular weight excluding hydrogens is 408 g/mol. The third-order valence-electron chi connectivity index (χ3n) is 5.58. The van der Waals surface area contributed by atoms with Crippen molar-refractivity contribution in [2.45, 2.75) is 51.7 Å². The number of rotatable bonds is 7. The fourth-order valence-corrected chi connectivity index (χ4v) is 3.93. The Labute approximate surface area is 191 Å².